The number of likely N-dealkylation sites (tertiary alicyclic amines) is 2. The first-order valence-electron chi connectivity index (χ1n) is 9.29. The van der Waals surface area contributed by atoms with Crippen molar-refractivity contribution in [3.63, 3.8) is 0 Å². The van der Waals surface area contributed by atoms with Crippen molar-refractivity contribution in [3.05, 3.63) is 35.9 Å². The average Bonchev–Trinajstić information content (AvgIpc) is 2.65. The maximum Gasteiger partial charge on any atom is 0.248 e. The van der Waals surface area contributed by atoms with Crippen molar-refractivity contribution >= 4 is 11.8 Å². The third kappa shape index (κ3) is 4.40. The SMILES string of the molecule is CCN1C[C@]2(CCCN(C(=O)COCc3ccccc3)C2)CCC1=O. The number of rotatable bonds is 5. The van der Waals surface area contributed by atoms with Crippen molar-refractivity contribution in [3.8, 4) is 0 Å². The molecule has 0 radical (unpaired) electrons. The summed E-state index contributed by atoms with van der Waals surface area (Å²) in [6.45, 7) is 5.72. The predicted octanol–water partition coefficient (Wildman–Crippen LogP) is 2.45. The third-order valence-electron chi connectivity index (χ3n) is 5.48. The van der Waals surface area contributed by atoms with Crippen LogP contribution in [0.4, 0.5) is 0 Å². The molecule has 0 bridgehead atoms. The second kappa shape index (κ2) is 8.00. The minimum atomic E-state index is 0.0648. The fourth-order valence-corrected chi connectivity index (χ4v) is 4.07. The summed E-state index contributed by atoms with van der Waals surface area (Å²) in [6.07, 6.45) is 3.62. The topological polar surface area (TPSA) is 49.9 Å². The maximum absolute atomic E-state index is 12.6. The zero-order chi connectivity index (χ0) is 17.7. The standard InChI is InChI=1S/C20H28N2O3/c1-2-21-15-20(11-9-18(21)23)10-6-12-22(16-20)19(24)14-25-13-17-7-4-3-5-8-17/h3-5,7-8H,2,6,9-16H2,1H3/t20-/m0/s1. The van der Waals surface area contributed by atoms with Crippen LogP contribution in [0.1, 0.15) is 38.2 Å². The normalized spacial score (nSPS) is 24.0. The molecule has 0 aliphatic carbocycles. The summed E-state index contributed by atoms with van der Waals surface area (Å²) in [6, 6.07) is 9.91. The Morgan fingerprint density at radius 3 is 2.76 bits per heavy atom. The Kier molecular flexibility index (Phi) is 5.74. The van der Waals surface area contributed by atoms with Gasteiger partial charge in [0.05, 0.1) is 6.61 Å². The van der Waals surface area contributed by atoms with E-state index in [0.717, 1.165) is 51.0 Å². The van der Waals surface area contributed by atoms with Gasteiger partial charge in [0.25, 0.3) is 0 Å². The highest BCUT2D eigenvalue weighted by Gasteiger charge is 2.42. The number of carbonyl (C=O) groups is 2. The lowest BCUT2D eigenvalue weighted by Gasteiger charge is -2.48. The molecule has 1 atom stereocenters. The summed E-state index contributed by atoms with van der Waals surface area (Å²) in [5, 5.41) is 0. The first-order valence-corrected chi connectivity index (χ1v) is 9.29. The van der Waals surface area contributed by atoms with Gasteiger partial charge in [-0.25, -0.2) is 0 Å². The zero-order valence-corrected chi connectivity index (χ0v) is 15.1. The Hall–Kier alpha value is -1.88. The second-order valence-corrected chi connectivity index (χ2v) is 7.31. The van der Waals surface area contributed by atoms with Crippen molar-refractivity contribution in [2.75, 3.05) is 32.8 Å². The molecule has 2 amide bonds. The molecule has 136 valence electrons. The highest BCUT2D eigenvalue weighted by molar-refractivity contribution is 5.78. The third-order valence-corrected chi connectivity index (χ3v) is 5.48. The molecule has 2 heterocycles. The highest BCUT2D eigenvalue weighted by Crippen LogP contribution is 2.38. The number of ether oxygens (including phenoxy) is 1. The molecule has 0 unspecified atom stereocenters. The summed E-state index contributed by atoms with van der Waals surface area (Å²) in [5.74, 6) is 0.317. The highest BCUT2D eigenvalue weighted by atomic mass is 16.5. The average molecular weight is 344 g/mol. The smallest absolute Gasteiger partial charge is 0.248 e. The van der Waals surface area contributed by atoms with Crippen LogP contribution in [0.25, 0.3) is 0 Å². The molecule has 2 aliphatic rings. The lowest BCUT2D eigenvalue weighted by atomic mass is 9.73. The van der Waals surface area contributed by atoms with Crippen LogP contribution < -0.4 is 0 Å². The molecule has 1 aromatic rings. The molecular weight excluding hydrogens is 316 g/mol. The van der Waals surface area contributed by atoms with Crippen molar-refractivity contribution < 1.29 is 14.3 Å². The number of nitrogens with zero attached hydrogens (tertiary/aromatic N) is 2. The molecule has 3 rings (SSSR count). The van der Waals surface area contributed by atoms with E-state index in [0.29, 0.717) is 13.0 Å². The molecule has 0 aromatic heterocycles. The predicted molar refractivity (Wildman–Crippen MR) is 95.8 cm³/mol. The van der Waals surface area contributed by atoms with Crippen molar-refractivity contribution in [2.24, 2.45) is 5.41 Å². The number of carbonyl (C=O) groups excluding carboxylic acids is 2. The number of benzene rings is 1. The maximum atomic E-state index is 12.6. The molecular formula is C20H28N2O3. The van der Waals surface area contributed by atoms with E-state index in [1.807, 2.05) is 47.1 Å². The molecule has 2 saturated heterocycles. The van der Waals surface area contributed by atoms with E-state index in [9.17, 15) is 9.59 Å². The van der Waals surface area contributed by atoms with E-state index in [1.165, 1.54) is 0 Å². The lowest BCUT2D eigenvalue weighted by molar-refractivity contribution is -0.145. The van der Waals surface area contributed by atoms with Gasteiger partial charge in [-0.2, -0.15) is 0 Å². The van der Waals surface area contributed by atoms with E-state index < -0.39 is 0 Å². The summed E-state index contributed by atoms with van der Waals surface area (Å²) in [4.78, 5) is 28.4. The van der Waals surface area contributed by atoms with Gasteiger partial charge in [0.1, 0.15) is 6.61 Å². The Labute approximate surface area is 149 Å². The summed E-state index contributed by atoms with van der Waals surface area (Å²) < 4.78 is 5.61. The van der Waals surface area contributed by atoms with Crippen LogP contribution in [0.2, 0.25) is 0 Å². The van der Waals surface area contributed by atoms with Crippen LogP contribution in [-0.4, -0.2) is 54.4 Å². The molecule has 1 spiro atoms. The Balaban J connectivity index is 1.52. The van der Waals surface area contributed by atoms with Gasteiger partial charge in [-0.05, 0) is 31.7 Å². The molecule has 5 nitrogen and oxygen atoms in total. The van der Waals surface area contributed by atoms with Gasteiger partial charge in [0.2, 0.25) is 11.8 Å². The van der Waals surface area contributed by atoms with Gasteiger partial charge in [-0.1, -0.05) is 30.3 Å². The monoisotopic (exact) mass is 344 g/mol. The van der Waals surface area contributed by atoms with E-state index in [-0.39, 0.29) is 23.8 Å². The Morgan fingerprint density at radius 2 is 2.00 bits per heavy atom. The fourth-order valence-electron chi connectivity index (χ4n) is 4.07. The van der Waals surface area contributed by atoms with Crippen molar-refractivity contribution in [1.82, 2.24) is 9.80 Å². The summed E-state index contributed by atoms with van der Waals surface area (Å²) in [5.41, 5.74) is 1.16. The van der Waals surface area contributed by atoms with Gasteiger partial charge in [-0.3, -0.25) is 9.59 Å². The van der Waals surface area contributed by atoms with Crippen LogP contribution >= 0.6 is 0 Å². The molecule has 5 heteroatoms. The summed E-state index contributed by atoms with van der Waals surface area (Å²) >= 11 is 0. The van der Waals surface area contributed by atoms with Crippen LogP contribution in [0, 0.1) is 5.41 Å². The van der Waals surface area contributed by atoms with Crippen molar-refractivity contribution in [1.29, 1.82) is 0 Å². The Bertz CT molecular complexity index is 604. The van der Waals surface area contributed by atoms with Gasteiger partial charge < -0.3 is 14.5 Å². The van der Waals surface area contributed by atoms with Crippen LogP contribution in [0.5, 0.6) is 0 Å². The number of piperidine rings is 2. The van der Waals surface area contributed by atoms with Crippen LogP contribution in [0.3, 0.4) is 0 Å². The number of hydrogen-bond donors (Lipinski definition) is 0. The van der Waals surface area contributed by atoms with Gasteiger partial charge in [0.15, 0.2) is 0 Å². The first kappa shape index (κ1) is 17.9. The molecule has 2 aliphatic heterocycles. The molecule has 25 heavy (non-hydrogen) atoms. The summed E-state index contributed by atoms with van der Waals surface area (Å²) in [7, 11) is 0. The van der Waals surface area contributed by atoms with Crippen LogP contribution in [0.15, 0.2) is 30.3 Å². The van der Waals surface area contributed by atoms with E-state index in [4.69, 9.17) is 4.74 Å². The van der Waals surface area contributed by atoms with Gasteiger partial charge >= 0.3 is 0 Å². The molecule has 0 saturated carbocycles. The second-order valence-electron chi connectivity index (χ2n) is 7.31. The minimum Gasteiger partial charge on any atom is -0.367 e. The van der Waals surface area contributed by atoms with E-state index >= 15 is 0 Å². The lowest BCUT2D eigenvalue weighted by Crippen LogP contribution is -2.55. The van der Waals surface area contributed by atoms with Gasteiger partial charge in [-0.15, -0.1) is 0 Å². The Morgan fingerprint density at radius 1 is 1.20 bits per heavy atom. The molecule has 1 aromatic carbocycles. The van der Waals surface area contributed by atoms with Crippen LogP contribution in [-0.2, 0) is 20.9 Å². The quantitative estimate of drug-likeness (QED) is 0.824. The minimum absolute atomic E-state index is 0.0648. The first-order chi connectivity index (χ1) is 12.1. The van der Waals surface area contributed by atoms with E-state index in [2.05, 4.69) is 0 Å². The zero-order valence-electron chi connectivity index (χ0n) is 15.1. The van der Waals surface area contributed by atoms with E-state index in [1.54, 1.807) is 0 Å². The van der Waals surface area contributed by atoms with Crippen molar-refractivity contribution in [2.45, 2.75) is 39.2 Å². The molecule has 2 fully saturated rings. The fraction of sp³-hybridized carbons (Fsp3) is 0.600. The molecule has 0 N–H and O–H groups in total. The number of amides is 2. The van der Waals surface area contributed by atoms with Gasteiger partial charge in [0, 0.05) is 38.0 Å². The largest absolute Gasteiger partial charge is 0.367 e. The number of hydrogen-bond acceptors (Lipinski definition) is 3.